The Morgan fingerprint density at radius 2 is 2.10 bits per heavy atom. The lowest BCUT2D eigenvalue weighted by Gasteiger charge is -2.33. The molecule has 1 fully saturated rings. The van der Waals surface area contributed by atoms with Crippen LogP contribution in [0.1, 0.15) is 32.2 Å². The smallest absolute Gasteiger partial charge is 0.201 e. The van der Waals surface area contributed by atoms with E-state index in [2.05, 4.69) is 62.2 Å². The van der Waals surface area contributed by atoms with Crippen LogP contribution in [0.3, 0.4) is 0 Å². The van der Waals surface area contributed by atoms with Gasteiger partial charge in [0, 0.05) is 22.7 Å². The molecule has 20 heavy (non-hydrogen) atoms. The van der Waals surface area contributed by atoms with Crippen LogP contribution >= 0.6 is 22.6 Å². The molecule has 1 aliphatic rings. The lowest BCUT2D eigenvalue weighted by Crippen LogP contribution is -2.35. The summed E-state index contributed by atoms with van der Waals surface area (Å²) in [5, 5.41) is 0. The van der Waals surface area contributed by atoms with E-state index in [4.69, 9.17) is 5.73 Å². The fraction of sp³-hybridized carbons (Fsp3) is 0.533. The van der Waals surface area contributed by atoms with Crippen molar-refractivity contribution in [2.24, 2.45) is 0 Å². The van der Waals surface area contributed by atoms with E-state index >= 15 is 0 Å². The first kappa shape index (κ1) is 14.1. The molecule has 0 atom stereocenters. The number of anilines is 1. The third-order valence-corrected chi connectivity index (χ3v) is 4.81. The molecule has 5 heteroatoms. The maximum absolute atomic E-state index is 6.16. The molecular formula is C15H21IN4. The van der Waals surface area contributed by atoms with E-state index in [1.165, 1.54) is 48.0 Å². The van der Waals surface area contributed by atoms with Gasteiger partial charge in [-0.3, -0.25) is 0 Å². The van der Waals surface area contributed by atoms with Gasteiger partial charge in [-0.2, -0.15) is 0 Å². The maximum Gasteiger partial charge on any atom is 0.201 e. The summed E-state index contributed by atoms with van der Waals surface area (Å²) < 4.78 is 3.45. The minimum Gasteiger partial charge on any atom is -0.369 e. The first-order chi connectivity index (χ1) is 9.69. The number of piperidine rings is 1. The third-order valence-electron chi connectivity index (χ3n) is 4.14. The van der Waals surface area contributed by atoms with Gasteiger partial charge in [-0.15, -0.1) is 0 Å². The number of fused-ring (bicyclic) bond motifs is 1. The van der Waals surface area contributed by atoms with Crippen LogP contribution in [-0.4, -0.2) is 34.1 Å². The molecule has 0 spiro atoms. The second kappa shape index (κ2) is 5.89. The number of imidazole rings is 1. The Morgan fingerprint density at radius 3 is 2.80 bits per heavy atom. The number of likely N-dealkylation sites (tertiary alicyclic amines) is 1. The number of nitrogen functional groups attached to an aromatic ring is 1. The molecule has 2 aromatic rings. The number of benzene rings is 1. The zero-order chi connectivity index (χ0) is 14.1. The van der Waals surface area contributed by atoms with Crippen LogP contribution in [0.25, 0.3) is 11.0 Å². The predicted molar refractivity (Wildman–Crippen MR) is 91.9 cm³/mol. The number of nitrogens with two attached hydrogens (primary N) is 1. The van der Waals surface area contributed by atoms with Crippen molar-refractivity contribution in [3.05, 3.63) is 21.8 Å². The van der Waals surface area contributed by atoms with Gasteiger partial charge in [0.2, 0.25) is 5.95 Å². The lowest BCUT2D eigenvalue weighted by atomic mass is 10.0. The van der Waals surface area contributed by atoms with Crippen LogP contribution in [0.4, 0.5) is 5.95 Å². The Labute approximate surface area is 133 Å². The van der Waals surface area contributed by atoms with Crippen LogP contribution in [0.5, 0.6) is 0 Å². The van der Waals surface area contributed by atoms with E-state index in [0.717, 1.165) is 5.52 Å². The summed E-state index contributed by atoms with van der Waals surface area (Å²) in [5.74, 6) is 0.663. The van der Waals surface area contributed by atoms with Crippen molar-refractivity contribution < 1.29 is 0 Å². The molecule has 0 aliphatic carbocycles. The normalized spacial score (nSPS) is 17.9. The molecular weight excluding hydrogens is 363 g/mol. The van der Waals surface area contributed by atoms with Gasteiger partial charge in [0.05, 0.1) is 11.0 Å². The van der Waals surface area contributed by atoms with Crippen molar-refractivity contribution in [1.29, 1.82) is 0 Å². The number of rotatable bonds is 3. The zero-order valence-corrected chi connectivity index (χ0v) is 14.0. The number of hydrogen-bond acceptors (Lipinski definition) is 3. The van der Waals surface area contributed by atoms with Gasteiger partial charge >= 0.3 is 0 Å². The minimum atomic E-state index is 0.494. The Balaban J connectivity index is 1.86. The SMILES string of the molecule is CCCN1CCC(n2c(N)nc3cc(I)ccc32)CC1. The molecule has 108 valence electrons. The fourth-order valence-corrected chi connectivity index (χ4v) is 3.67. The summed E-state index contributed by atoms with van der Waals surface area (Å²) in [6.07, 6.45) is 3.57. The van der Waals surface area contributed by atoms with Crippen molar-refractivity contribution >= 4 is 39.6 Å². The van der Waals surface area contributed by atoms with Gasteiger partial charge in [-0.1, -0.05) is 6.92 Å². The van der Waals surface area contributed by atoms with E-state index in [1.807, 2.05) is 0 Å². The van der Waals surface area contributed by atoms with Crippen LogP contribution in [0.15, 0.2) is 18.2 Å². The first-order valence-corrected chi connectivity index (χ1v) is 8.42. The summed E-state index contributed by atoms with van der Waals surface area (Å²) in [5.41, 5.74) is 8.36. The average molecular weight is 384 g/mol. The second-order valence-corrected chi connectivity index (χ2v) is 6.79. The van der Waals surface area contributed by atoms with E-state index in [0.29, 0.717) is 12.0 Å². The van der Waals surface area contributed by atoms with E-state index in [1.54, 1.807) is 0 Å². The minimum absolute atomic E-state index is 0.494. The quantitative estimate of drug-likeness (QED) is 0.827. The fourth-order valence-electron chi connectivity index (χ4n) is 3.19. The molecule has 0 saturated carbocycles. The predicted octanol–water partition coefficient (Wildman–Crippen LogP) is 3.27. The van der Waals surface area contributed by atoms with Gasteiger partial charge in [-0.05, 0) is 66.6 Å². The molecule has 3 rings (SSSR count). The summed E-state index contributed by atoms with van der Waals surface area (Å²) in [6, 6.07) is 6.88. The number of aromatic nitrogens is 2. The molecule has 2 N–H and O–H groups in total. The van der Waals surface area contributed by atoms with Crippen molar-refractivity contribution in [1.82, 2.24) is 14.5 Å². The van der Waals surface area contributed by atoms with Gasteiger partial charge in [0.25, 0.3) is 0 Å². The highest BCUT2D eigenvalue weighted by Crippen LogP contribution is 2.30. The van der Waals surface area contributed by atoms with Gasteiger partial charge in [-0.25, -0.2) is 4.98 Å². The Bertz CT molecular complexity index is 599. The molecule has 1 aromatic carbocycles. The Hall–Kier alpha value is -0.820. The van der Waals surface area contributed by atoms with Crippen molar-refractivity contribution in [2.75, 3.05) is 25.4 Å². The number of hydrogen-bond donors (Lipinski definition) is 1. The standard InChI is InChI=1S/C15H21IN4/c1-2-7-19-8-5-12(6-9-19)20-14-4-3-11(16)10-13(14)18-15(20)17/h3-4,10,12H,2,5-9H2,1H3,(H2,17,18). The lowest BCUT2D eigenvalue weighted by molar-refractivity contribution is 0.189. The summed E-state index contributed by atoms with van der Waals surface area (Å²) in [4.78, 5) is 7.08. The highest BCUT2D eigenvalue weighted by molar-refractivity contribution is 14.1. The summed E-state index contributed by atoms with van der Waals surface area (Å²) in [7, 11) is 0. The topological polar surface area (TPSA) is 47.1 Å². The third kappa shape index (κ3) is 2.65. The molecule has 2 heterocycles. The molecule has 0 bridgehead atoms. The molecule has 4 nitrogen and oxygen atoms in total. The molecule has 1 saturated heterocycles. The Morgan fingerprint density at radius 1 is 1.35 bits per heavy atom. The molecule has 0 radical (unpaired) electrons. The van der Waals surface area contributed by atoms with Crippen LogP contribution in [-0.2, 0) is 0 Å². The zero-order valence-electron chi connectivity index (χ0n) is 11.8. The summed E-state index contributed by atoms with van der Waals surface area (Å²) in [6.45, 7) is 5.80. The molecule has 1 aromatic heterocycles. The average Bonchev–Trinajstić information content (AvgIpc) is 2.75. The largest absolute Gasteiger partial charge is 0.369 e. The highest BCUT2D eigenvalue weighted by Gasteiger charge is 2.23. The highest BCUT2D eigenvalue weighted by atomic mass is 127. The van der Waals surface area contributed by atoms with Crippen LogP contribution in [0.2, 0.25) is 0 Å². The van der Waals surface area contributed by atoms with Gasteiger partial charge in [0.15, 0.2) is 0 Å². The number of halogens is 1. The van der Waals surface area contributed by atoms with Crippen molar-refractivity contribution in [3.8, 4) is 0 Å². The number of nitrogens with zero attached hydrogens (tertiary/aromatic N) is 3. The van der Waals surface area contributed by atoms with Gasteiger partial charge < -0.3 is 15.2 Å². The van der Waals surface area contributed by atoms with E-state index < -0.39 is 0 Å². The van der Waals surface area contributed by atoms with Crippen LogP contribution < -0.4 is 5.73 Å². The molecule has 0 amide bonds. The van der Waals surface area contributed by atoms with E-state index in [-0.39, 0.29) is 0 Å². The maximum atomic E-state index is 6.16. The molecule has 0 unspecified atom stereocenters. The van der Waals surface area contributed by atoms with Gasteiger partial charge in [0.1, 0.15) is 0 Å². The van der Waals surface area contributed by atoms with Crippen molar-refractivity contribution in [2.45, 2.75) is 32.2 Å². The monoisotopic (exact) mass is 384 g/mol. The Kier molecular flexibility index (Phi) is 4.16. The van der Waals surface area contributed by atoms with E-state index in [9.17, 15) is 0 Å². The molecule has 1 aliphatic heterocycles. The second-order valence-electron chi connectivity index (χ2n) is 5.55. The van der Waals surface area contributed by atoms with Crippen LogP contribution in [0, 0.1) is 3.57 Å². The first-order valence-electron chi connectivity index (χ1n) is 7.34. The van der Waals surface area contributed by atoms with Crippen molar-refractivity contribution in [3.63, 3.8) is 0 Å². The summed E-state index contributed by atoms with van der Waals surface area (Å²) >= 11 is 2.32.